The summed E-state index contributed by atoms with van der Waals surface area (Å²) in [6.45, 7) is 0. The second kappa shape index (κ2) is 4.20. The van der Waals surface area contributed by atoms with Crippen molar-refractivity contribution < 1.29 is 23.0 Å². The highest BCUT2D eigenvalue weighted by Crippen LogP contribution is 2.25. The zero-order chi connectivity index (χ0) is 11.5. The lowest BCUT2D eigenvalue weighted by atomic mass is 10.2. The van der Waals surface area contributed by atoms with Crippen LogP contribution < -0.4 is 9.84 Å². The van der Waals surface area contributed by atoms with Crippen molar-refractivity contribution in [2.45, 2.75) is 6.36 Å². The molecule has 82 valence electrons. The van der Waals surface area contributed by atoms with Crippen LogP contribution in [-0.2, 0) is 0 Å². The summed E-state index contributed by atoms with van der Waals surface area (Å²) in [5, 5.41) is 11.1. The highest BCUT2D eigenvalue weighted by atomic mass is 19.4. The molecule has 0 saturated carbocycles. The molecule has 0 aliphatic heterocycles. The van der Waals surface area contributed by atoms with Gasteiger partial charge in [-0.05, 0) is 12.0 Å². The monoisotopic (exact) mass is 218 g/mol. The molecule has 0 radical (unpaired) electrons. The topological polar surface area (TPSA) is 44.7 Å². The van der Waals surface area contributed by atoms with Gasteiger partial charge in [0.1, 0.15) is 5.75 Å². The number of halogens is 3. The molecule has 3 nitrogen and oxygen atoms in total. The van der Waals surface area contributed by atoms with Crippen molar-refractivity contribution in [2.75, 3.05) is 7.05 Å². The first-order valence-electron chi connectivity index (χ1n) is 3.93. The van der Waals surface area contributed by atoms with Crippen molar-refractivity contribution in [2.24, 2.45) is 4.99 Å². The van der Waals surface area contributed by atoms with E-state index in [1.807, 2.05) is 0 Å². The lowest BCUT2D eigenvalue weighted by Gasteiger charge is -2.16. The molecular formula is C9H7F3NO2-. The van der Waals surface area contributed by atoms with E-state index in [0.29, 0.717) is 0 Å². The van der Waals surface area contributed by atoms with Crippen LogP contribution in [0, 0.1) is 0 Å². The van der Waals surface area contributed by atoms with Crippen molar-refractivity contribution in [3.05, 3.63) is 29.8 Å². The Morgan fingerprint density at radius 3 is 2.47 bits per heavy atom. The molecular weight excluding hydrogens is 211 g/mol. The highest BCUT2D eigenvalue weighted by molar-refractivity contribution is 5.93. The van der Waals surface area contributed by atoms with Gasteiger partial charge in [-0.25, -0.2) is 0 Å². The first-order valence-corrected chi connectivity index (χ1v) is 3.93. The Kier molecular flexibility index (Phi) is 3.18. The Balaban J connectivity index is 3.07. The van der Waals surface area contributed by atoms with Crippen LogP contribution in [0.1, 0.15) is 5.56 Å². The molecule has 1 aromatic carbocycles. The number of alkyl halides is 3. The van der Waals surface area contributed by atoms with Crippen LogP contribution in [0.2, 0.25) is 0 Å². The number of rotatable bonds is 2. The maximum atomic E-state index is 11.9. The van der Waals surface area contributed by atoms with Crippen molar-refractivity contribution >= 4 is 5.90 Å². The number of aliphatic imine (C=N–C) groups is 1. The van der Waals surface area contributed by atoms with Gasteiger partial charge >= 0.3 is 6.36 Å². The van der Waals surface area contributed by atoms with Crippen molar-refractivity contribution in [3.63, 3.8) is 0 Å². The van der Waals surface area contributed by atoms with Crippen molar-refractivity contribution in [1.29, 1.82) is 0 Å². The van der Waals surface area contributed by atoms with E-state index in [0.717, 1.165) is 6.07 Å². The van der Waals surface area contributed by atoms with Crippen LogP contribution in [0.25, 0.3) is 0 Å². The van der Waals surface area contributed by atoms with Gasteiger partial charge in [0.05, 0.1) is 0 Å². The quantitative estimate of drug-likeness (QED) is 0.555. The zero-order valence-electron chi connectivity index (χ0n) is 7.71. The number of nitrogens with zero attached hydrogens (tertiary/aromatic N) is 1. The first-order chi connectivity index (χ1) is 6.94. The number of benzene rings is 1. The standard InChI is InChI=1S/C9H8F3NO2/c1-13-8(14)6-4-2-3-5-7(6)15-9(10,11)12/h2-5H,1H3,(H,13,14)/p-1. The molecule has 0 fully saturated rings. The van der Waals surface area contributed by atoms with Crippen LogP contribution >= 0.6 is 0 Å². The van der Waals surface area contributed by atoms with Crippen LogP contribution in [-0.4, -0.2) is 19.3 Å². The average molecular weight is 218 g/mol. The van der Waals surface area contributed by atoms with Crippen LogP contribution in [0.15, 0.2) is 29.3 Å². The lowest BCUT2D eigenvalue weighted by Crippen LogP contribution is -2.23. The fourth-order valence-electron chi connectivity index (χ4n) is 0.977. The molecule has 0 aliphatic rings. The minimum atomic E-state index is -4.82. The Morgan fingerprint density at radius 1 is 1.33 bits per heavy atom. The van der Waals surface area contributed by atoms with Gasteiger partial charge in [-0.2, -0.15) is 0 Å². The van der Waals surface area contributed by atoms with Crippen molar-refractivity contribution in [3.8, 4) is 5.75 Å². The lowest BCUT2D eigenvalue weighted by molar-refractivity contribution is -0.275. The summed E-state index contributed by atoms with van der Waals surface area (Å²) in [5.74, 6) is -1.30. The molecule has 0 unspecified atom stereocenters. The third-order valence-corrected chi connectivity index (χ3v) is 1.55. The summed E-state index contributed by atoms with van der Waals surface area (Å²) >= 11 is 0. The Bertz CT molecular complexity index is 374. The molecule has 0 spiro atoms. The smallest absolute Gasteiger partial charge is 0.573 e. The van der Waals surface area contributed by atoms with E-state index in [-0.39, 0.29) is 5.56 Å². The first kappa shape index (κ1) is 11.4. The number of para-hydroxylation sites is 1. The summed E-state index contributed by atoms with van der Waals surface area (Å²) in [4.78, 5) is 3.26. The van der Waals surface area contributed by atoms with Crippen molar-refractivity contribution in [1.82, 2.24) is 0 Å². The zero-order valence-corrected chi connectivity index (χ0v) is 7.71. The third-order valence-electron chi connectivity index (χ3n) is 1.55. The molecule has 6 heteroatoms. The van der Waals surface area contributed by atoms with Gasteiger partial charge in [0.2, 0.25) is 0 Å². The molecule has 0 aromatic heterocycles. The van der Waals surface area contributed by atoms with E-state index in [9.17, 15) is 18.3 Å². The minimum Gasteiger partial charge on any atom is -0.858 e. The normalized spacial score (nSPS) is 12.7. The number of hydrogen-bond donors (Lipinski definition) is 0. The maximum Gasteiger partial charge on any atom is 0.573 e. The van der Waals surface area contributed by atoms with Gasteiger partial charge in [0.15, 0.2) is 0 Å². The van der Waals surface area contributed by atoms with Crippen LogP contribution in [0.3, 0.4) is 0 Å². The largest absolute Gasteiger partial charge is 0.858 e. The van der Waals surface area contributed by atoms with Gasteiger partial charge in [0, 0.05) is 12.6 Å². The SMILES string of the molecule is CN=C([O-])c1ccccc1OC(F)(F)F. The fourth-order valence-corrected chi connectivity index (χ4v) is 0.977. The van der Waals surface area contributed by atoms with E-state index in [2.05, 4.69) is 9.73 Å². The maximum absolute atomic E-state index is 11.9. The molecule has 15 heavy (non-hydrogen) atoms. The van der Waals surface area contributed by atoms with Gasteiger partial charge in [-0.1, -0.05) is 18.2 Å². The average Bonchev–Trinajstić information content (AvgIpc) is 2.15. The molecule has 0 N–H and O–H groups in total. The van der Waals surface area contributed by atoms with E-state index in [1.54, 1.807) is 0 Å². The predicted octanol–water partition coefficient (Wildman–Crippen LogP) is 1.32. The summed E-state index contributed by atoms with van der Waals surface area (Å²) in [6.07, 6.45) is -4.82. The molecule has 0 heterocycles. The molecule has 1 rings (SSSR count). The van der Waals surface area contributed by atoms with E-state index >= 15 is 0 Å². The van der Waals surface area contributed by atoms with Gasteiger partial charge < -0.3 is 14.8 Å². The highest BCUT2D eigenvalue weighted by Gasteiger charge is 2.31. The van der Waals surface area contributed by atoms with E-state index in [4.69, 9.17) is 0 Å². The van der Waals surface area contributed by atoms with Gasteiger partial charge in [0.25, 0.3) is 0 Å². The summed E-state index contributed by atoms with van der Waals surface area (Å²) in [6, 6.07) is 5.05. The van der Waals surface area contributed by atoms with Gasteiger partial charge in [-0.15, -0.1) is 13.2 Å². The number of hydrogen-bond acceptors (Lipinski definition) is 3. The summed E-state index contributed by atoms with van der Waals surface area (Å²) < 4.78 is 39.4. The molecule has 0 bridgehead atoms. The predicted molar refractivity (Wildman–Crippen MR) is 45.6 cm³/mol. The van der Waals surface area contributed by atoms with Crippen LogP contribution in [0.4, 0.5) is 13.2 Å². The Labute approximate surface area is 83.8 Å². The van der Waals surface area contributed by atoms with Gasteiger partial charge in [-0.3, -0.25) is 0 Å². The second-order valence-corrected chi connectivity index (χ2v) is 2.57. The molecule has 0 atom stereocenters. The molecule has 0 saturated heterocycles. The Morgan fingerprint density at radius 2 is 1.93 bits per heavy atom. The summed E-state index contributed by atoms with van der Waals surface area (Å²) in [5.41, 5.74) is -0.211. The second-order valence-electron chi connectivity index (χ2n) is 2.57. The molecule has 1 aromatic rings. The summed E-state index contributed by atoms with van der Waals surface area (Å²) in [7, 11) is 1.20. The minimum absolute atomic E-state index is 0.211. The fraction of sp³-hybridized carbons (Fsp3) is 0.222. The Hall–Kier alpha value is -1.72. The van der Waals surface area contributed by atoms with Crippen LogP contribution in [0.5, 0.6) is 5.75 Å². The number of ether oxygens (including phenoxy) is 1. The molecule has 0 aliphatic carbocycles. The molecule has 0 amide bonds. The van der Waals surface area contributed by atoms with E-state index < -0.39 is 18.0 Å². The van der Waals surface area contributed by atoms with E-state index in [1.165, 1.54) is 25.2 Å². The third kappa shape index (κ3) is 3.16.